The lowest BCUT2D eigenvalue weighted by Gasteiger charge is -2.29. The first-order valence-electron chi connectivity index (χ1n) is 28.3. The molecule has 2 unspecified atom stereocenters. The molecular formula is C63H84N2O2S6. The van der Waals surface area contributed by atoms with Gasteiger partial charge in [0, 0.05) is 52.1 Å². The number of carbonyl (C=O) groups excluding carboxylic acids is 2. The van der Waals surface area contributed by atoms with Crippen molar-refractivity contribution in [3.05, 3.63) is 111 Å². The maximum Gasteiger partial charge on any atom is 0.261 e. The van der Waals surface area contributed by atoms with Gasteiger partial charge in [0.25, 0.3) is 11.8 Å². The van der Waals surface area contributed by atoms with Crippen molar-refractivity contribution in [2.24, 2.45) is 11.8 Å². The summed E-state index contributed by atoms with van der Waals surface area (Å²) in [7, 11) is 0. The van der Waals surface area contributed by atoms with E-state index in [0.717, 1.165) is 56.6 Å². The summed E-state index contributed by atoms with van der Waals surface area (Å²) in [6, 6.07) is 22.2. The van der Waals surface area contributed by atoms with Gasteiger partial charge in [0.15, 0.2) is 0 Å². The van der Waals surface area contributed by atoms with Gasteiger partial charge in [0.1, 0.15) is 0 Å². The molecule has 0 saturated carbocycles. The number of amides is 2. The van der Waals surface area contributed by atoms with Gasteiger partial charge in [-0.2, -0.15) is 0 Å². The Kier molecular flexibility index (Phi) is 24.0. The first-order valence-corrected chi connectivity index (χ1v) is 33.6. The van der Waals surface area contributed by atoms with Gasteiger partial charge in [-0.25, -0.2) is 0 Å². The van der Waals surface area contributed by atoms with Crippen molar-refractivity contribution in [2.75, 3.05) is 19.3 Å². The second kappa shape index (κ2) is 30.5. The van der Waals surface area contributed by atoms with Gasteiger partial charge in [-0.3, -0.25) is 9.59 Å². The molecule has 394 valence electrons. The number of thiophene rings is 5. The molecule has 5 aromatic rings. The fourth-order valence-electron chi connectivity index (χ4n) is 10.8. The van der Waals surface area contributed by atoms with Crippen LogP contribution in [0, 0.1) is 11.8 Å². The van der Waals surface area contributed by atoms with E-state index in [-0.39, 0.29) is 11.8 Å². The molecule has 10 heteroatoms. The topological polar surface area (TPSA) is 40.6 Å². The first kappa shape index (κ1) is 57.5. The van der Waals surface area contributed by atoms with Gasteiger partial charge in [-0.05, 0) is 110 Å². The number of allylic oxidation sites excluding steroid dienone is 2. The Hall–Kier alpha value is -3.25. The zero-order valence-electron chi connectivity index (χ0n) is 44.9. The second-order valence-corrected chi connectivity index (χ2v) is 26.6. The fourth-order valence-corrected chi connectivity index (χ4v) is 16.7. The van der Waals surface area contributed by atoms with Gasteiger partial charge in [-0.15, -0.1) is 68.4 Å². The van der Waals surface area contributed by atoms with Crippen LogP contribution in [0.4, 0.5) is 0 Å². The smallest absolute Gasteiger partial charge is 0.261 e. The average molecular weight is 1090 g/mol. The lowest BCUT2D eigenvalue weighted by molar-refractivity contribution is -0.124. The number of unbranched alkanes of at least 4 members (excludes halogenated alkanes) is 16. The summed E-state index contributed by atoms with van der Waals surface area (Å²) >= 11 is 10.7. The zero-order valence-corrected chi connectivity index (χ0v) is 49.8. The minimum Gasteiger partial charge on any atom is -0.306 e. The van der Waals surface area contributed by atoms with E-state index in [4.69, 9.17) is 0 Å². The molecule has 0 spiro atoms. The lowest BCUT2D eigenvalue weighted by Crippen LogP contribution is -2.34. The van der Waals surface area contributed by atoms with E-state index in [0.29, 0.717) is 36.1 Å². The van der Waals surface area contributed by atoms with E-state index in [1.165, 1.54) is 158 Å². The summed E-state index contributed by atoms with van der Waals surface area (Å²) in [5, 5.41) is 2.15. The Morgan fingerprint density at radius 3 is 1.27 bits per heavy atom. The third-order valence-corrected chi connectivity index (χ3v) is 21.6. The second-order valence-electron chi connectivity index (χ2n) is 20.4. The summed E-state index contributed by atoms with van der Waals surface area (Å²) < 4.78 is 0. The maximum atomic E-state index is 15.9. The number of hydrogen-bond donors (Lipinski definition) is 0. The van der Waals surface area contributed by atoms with Crippen molar-refractivity contribution in [1.82, 2.24) is 9.80 Å². The van der Waals surface area contributed by atoms with E-state index in [1.807, 2.05) is 28.7 Å². The summed E-state index contributed by atoms with van der Waals surface area (Å²) in [6.45, 7) is 14.5. The SMILES string of the molecule is C=C/C=C(\SC)c1ccc(C2=C3C(=O)N(CC(CCCCCC)CCCCCCCC)C(c4ccc(-c5ccc(-c6ccc(-c7cccs7)s6)s5)s4)=C3C(=O)N2CC(CCCCCC)CCCCCCCC)s1. The highest BCUT2D eigenvalue weighted by Gasteiger charge is 2.50. The summed E-state index contributed by atoms with van der Waals surface area (Å²) in [4.78, 5) is 47.8. The van der Waals surface area contributed by atoms with Crippen LogP contribution in [-0.2, 0) is 9.59 Å². The van der Waals surface area contributed by atoms with Crippen LogP contribution in [0.5, 0.6) is 0 Å². The largest absolute Gasteiger partial charge is 0.306 e. The van der Waals surface area contributed by atoms with Crippen LogP contribution >= 0.6 is 68.4 Å². The van der Waals surface area contributed by atoms with Crippen molar-refractivity contribution in [3.63, 3.8) is 0 Å². The molecule has 0 aliphatic carbocycles. The molecule has 0 N–H and O–H groups in total. The highest BCUT2D eigenvalue weighted by atomic mass is 32.2. The minimum absolute atomic E-state index is 0.0158. The quantitative estimate of drug-likeness (QED) is 0.0296. The van der Waals surface area contributed by atoms with Crippen LogP contribution in [0.3, 0.4) is 0 Å². The van der Waals surface area contributed by atoms with Gasteiger partial charge in [0.2, 0.25) is 0 Å². The summed E-state index contributed by atoms with van der Waals surface area (Å²) in [5.41, 5.74) is 2.96. The van der Waals surface area contributed by atoms with Crippen LogP contribution < -0.4 is 0 Å². The molecule has 0 radical (unpaired) electrons. The number of nitrogens with zero attached hydrogens (tertiary/aromatic N) is 2. The molecule has 7 rings (SSSR count). The van der Waals surface area contributed by atoms with Crippen molar-refractivity contribution in [1.29, 1.82) is 0 Å². The Bertz CT molecular complexity index is 2580. The molecule has 2 amide bonds. The molecule has 2 aliphatic heterocycles. The lowest BCUT2D eigenvalue weighted by atomic mass is 9.93. The molecule has 4 nitrogen and oxygen atoms in total. The third kappa shape index (κ3) is 15.5. The standard InChI is InChI=1S/C63H84N2O2S6/c1-7-12-16-20-22-26-32-46(30-24-18-14-9-3)44-64-60(56-41-39-50(72-56)48(68-6)29-11-5)58-59(63(64)67)61(65(62(58)66)45-47(31-25-19-15-10-4)33-27-23-21-17-13-8-2)57-42-40-55(73-57)54-38-37-53(71-54)52-36-35-51(70-52)49-34-28-43-69-49/h11,28-29,34-43,46-47H,5,7-10,12-27,30-33,44-45H2,1-4,6H3/b48-29-. The van der Waals surface area contributed by atoms with Crippen molar-refractivity contribution < 1.29 is 9.59 Å². The normalized spacial score (nSPS) is 14.9. The van der Waals surface area contributed by atoms with Crippen LogP contribution in [0.2, 0.25) is 0 Å². The molecule has 2 atom stereocenters. The Labute approximate surface area is 465 Å². The molecular weight excluding hydrogens is 1010 g/mol. The molecule has 73 heavy (non-hydrogen) atoms. The maximum absolute atomic E-state index is 15.9. The van der Waals surface area contributed by atoms with E-state index in [2.05, 4.69) is 122 Å². The Morgan fingerprint density at radius 1 is 0.493 bits per heavy atom. The van der Waals surface area contributed by atoms with Crippen LogP contribution in [0.15, 0.2) is 95.9 Å². The fraction of sp³-hybridized carbons (Fsp3) is 0.524. The molecule has 5 aromatic heterocycles. The first-order chi connectivity index (χ1) is 35.8. The number of carbonyl (C=O) groups is 2. The molecule has 7 heterocycles. The van der Waals surface area contributed by atoms with Crippen molar-refractivity contribution in [2.45, 2.75) is 182 Å². The van der Waals surface area contributed by atoms with E-state index < -0.39 is 0 Å². The number of thioether (sulfide) groups is 1. The van der Waals surface area contributed by atoms with Crippen LogP contribution in [-0.4, -0.2) is 41.0 Å². The van der Waals surface area contributed by atoms with E-state index in [1.54, 1.807) is 45.8 Å². The highest BCUT2D eigenvalue weighted by molar-refractivity contribution is 8.07. The van der Waals surface area contributed by atoms with Crippen LogP contribution in [0.1, 0.15) is 196 Å². The number of fused-ring (bicyclic) bond motifs is 1. The Balaban J connectivity index is 1.30. The summed E-state index contributed by atoms with van der Waals surface area (Å²) in [5.74, 6) is 0.769. The van der Waals surface area contributed by atoms with E-state index in [9.17, 15) is 0 Å². The Morgan fingerprint density at radius 2 is 0.863 bits per heavy atom. The highest BCUT2D eigenvalue weighted by Crippen LogP contribution is 2.52. The van der Waals surface area contributed by atoms with Crippen LogP contribution in [0.25, 0.3) is 45.6 Å². The average Bonchev–Trinajstić information content (AvgIpc) is 4.27. The molecule has 0 aromatic carbocycles. The minimum atomic E-state index is 0.0158. The van der Waals surface area contributed by atoms with Gasteiger partial charge < -0.3 is 9.80 Å². The molecule has 2 aliphatic rings. The van der Waals surface area contributed by atoms with Gasteiger partial charge in [0.05, 0.1) is 32.3 Å². The van der Waals surface area contributed by atoms with E-state index >= 15 is 9.59 Å². The molecule has 0 saturated heterocycles. The molecule has 0 bridgehead atoms. The predicted molar refractivity (Wildman–Crippen MR) is 328 cm³/mol. The zero-order chi connectivity index (χ0) is 51.4. The van der Waals surface area contributed by atoms with Crippen molar-refractivity contribution in [3.8, 4) is 29.3 Å². The number of hydrogen-bond acceptors (Lipinski definition) is 8. The third-order valence-electron chi connectivity index (χ3n) is 14.8. The number of rotatable bonds is 36. The van der Waals surface area contributed by atoms with Gasteiger partial charge >= 0.3 is 0 Å². The predicted octanol–water partition coefficient (Wildman–Crippen LogP) is 21.4. The summed E-state index contributed by atoms with van der Waals surface area (Å²) in [6.07, 6.45) is 35.3. The van der Waals surface area contributed by atoms with Gasteiger partial charge in [-0.1, -0.05) is 175 Å². The van der Waals surface area contributed by atoms with Crippen molar-refractivity contribution >= 4 is 96.6 Å². The molecule has 0 fully saturated rings. The monoisotopic (exact) mass is 1090 g/mol.